The Morgan fingerprint density at radius 3 is 2.60 bits per heavy atom. The minimum absolute atomic E-state index is 0.448. The monoisotopic (exact) mass is 300 g/mol. The zero-order valence-corrected chi connectivity index (χ0v) is 12.3. The second kappa shape index (κ2) is 4.76. The molecule has 0 fully saturated rings. The summed E-state index contributed by atoms with van der Waals surface area (Å²) in [5, 5.41) is 5.31. The molecule has 100 valence electrons. The van der Waals surface area contributed by atoms with E-state index in [2.05, 4.69) is 34.6 Å². The number of rotatable bonds is 2. The maximum absolute atomic E-state index is 6.02. The highest BCUT2D eigenvalue weighted by molar-refractivity contribution is 7.22. The number of nitrogens with one attached hydrogen (secondary N) is 1. The van der Waals surface area contributed by atoms with E-state index in [1.807, 2.05) is 18.2 Å². The summed E-state index contributed by atoms with van der Waals surface area (Å²) in [5.74, 6) is 0. The van der Waals surface area contributed by atoms with Gasteiger partial charge in [-0.15, -0.1) is 0 Å². The summed E-state index contributed by atoms with van der Waals surface area (Å²) in [4.78, 5) is 4.63. The van der Waals surface area contributed by atoms with Crippen LogP contribution in [0, 0.1) is 0 Å². The summed E-state index contributed by atoms with van der Waals surface area (Å²) >= 11 is 7.69. The highest BCUT2D eigenvalue weighted by Crippen LogP contribution is 2.31. The second-order valence-electron chi connectivity index (χ2n) is 5.15. The molecule has 0 amide bonds. The van der Waals surface area contributed by atoms with E-state index in [9.17, 15) is 0 Å². The molecule has 0 saturated heterocycles. The zero-order valence-electron chi connectivity index (χ0n) is 10.8. The molecule has 2 aromatic carbocycles. The summed E-state index contributed by atoms with van der Waals surface area (Å²) < 4.78 is 1.13. The van der Waals surface area contributed by atoms with Gasteiger partial charge in [-0.25, -0.2) is 4.98 Å². The largest absolute Gasteiger partial charge is 0.358 e. The first-order valence-corrected chi connectivity index (χ1v) is 7.87. The number of anilines is 1. The molecule has 0 atom stereocenters. The fourth-order valence-electron chi connectivity index (χ4n) is 2.80. The van der Waals surface area contributed by atoms with Crippen molar-refractivity contribution >= 4 is 38.3 Å². The van der Waals surface area contributed by atoms with E-state index in [1.165, 1.54) is 11.1 Å². The molecule has 0 unspecified atom stereocenters. The fraction of sp³-hybridized carbons (Fsp3) is 0.188. The first-order valence-electron chi connectivity index (χ1n) is 6.67. The van der Waals surface area contributed by atoms with Crippen molar-refractivity contribution in [2.45, 2.75) is 18.9 Å². The van der Waals surface area contributed by atoms with Crippen molar-refractivity contribution in [3.63, 3.8) is 0 Å². The average molecular weight is 301 g/mol. The Balaban J connectivity index is 1.57. The standard InChI is InChI=1S/C16H13ClN2S/c17-12-5-6-14-15(9-12)20-16(19-14)18-13-7-10-3-1-2-4-11(10)8-13/h1-6,9,13H,7-8H2,(H,18,19). The van der Waals surface area contributed by atoms with Gasteiger partial charge in [0.2, 0.25) is 0 Å². The van der Waals surface area contributed by atoms with Gasteiger partial charge in [0.25, 0.3) is 0 Å². The highest BCUT2D eigenvalue weighted by atomic mass is 35.5. The Morgan fingerprint density at radius 2 is 1.85 bits per heavy atom. The van der Waals surface area contributed by atoms with E-state index >= 15 is 0 Å². The molecule has 4 rings (SSSR count). The molecule has 3 aromatic rings. The normalized spacial score (nSPS) is 14.7. The van der Waals surface area contributed by atoms with Crippen molar-refractivity contribution in [2.75, 3.05) is 5.32 Å². The van der Waals surface area contributed by atoms with Gasteiger partial charge in [-0.3, -0.25) is 0 Å². The molecular weight excluding hydrogens is 288 g/mol. The van der Waals surface area contributed by atoms with Gasteiger partial charge in [-0.2, -0.15) is 0 Å². The first-order chi connectivity index (χ1) is 9.78. The van der Waals surface area contributed by atoms with Crippen LogP contribution < -0.4 is 5.32 Å². The third-order valence-electron chi connectivity index (χ3n) is 3.73. The van der Waals surface area contributed by atoms with E-state index in [1.54, 1.807) is 11.3 Å². The highest BCUT2D eigenvalue weighted by Gasteiger charge is 2.21. The lowest BCUT2D eigenvalue weighted by Gasteiger charge is -2.09. The van der Waals surface area contributed by atoms with E-state index < -0.39 is 0 Å². The lowest BCUT2D eigenvalue weighted by molar-refractivity contribution is 0.773. The van der Waals surface area contributed by atoms with Crippen LogP contribution in [0.2, 0.25) is 5.02 Å². The lowest BCUT2D eigenvalue weighted by atomic mass is 10.1. The van der Waals surface area contributed by atoms with Gasteiger partial charge < -0.3 is 5.32 Å². The fourth-order valence-corrected chi connectivity index (χ4v) is 4.01. The number of thiazole rings is 1. The average Bonchev–Trinajstić information content (AvgIpc) is 3.00. The number of hydrogen-bond acceptors (Lipinski definition) is 3. The molecule has 0 radical (unpaired) electrons. The number of aromatic nitrogens is 1. The zero-order chi connectivity index (χ0) is 13.5. The summed E-state index contributed by atoms with van der Waals surface area (Å²) in [7, 11) is 0. The Labute approximate surface area is 126 Å². The smallest absolute Gasteiger partial charge is 0.184 e. The van der Waals surface area contributed by atoms with Crippen LogP contribution in [-0.2, 0) is 12.8 Å². The maximum Gasteiger partial charge on any atom is 0.184 e. The van der Waals surface area contributed by atoms with Gasteiger partial charge >= 0.3 is 0 Å². The quantitative estimate of drug-likeness (QED) is 0.752. The molecule has 4 heteroatoms. The topological polar surface area (TPSA) is 24.9 Å². The van der Waals surface area contributed by atoms with Crippen molar-refractivity contribution in [1.29, 1.82) is 0 Å². The van der Waals surface area contributed by atoms with Gasteiger partial charge in [-0.1, -0.05) is 47.2 Å². The van der Waals surface area contributed by atoms with E-state index in [0.717, 1.165) is 33.2 Å². The first kappa shape index (κ1) is 12.2. The van der Waals surface area contributed by atoms with Crippen LogP contribution in [0.5, 0.6) is 0 Å². The third kappa shape index (κ3) is 2.17. The van der Waals surface area contributed by atoms with E-state index in [4.69, 9.17) is 11.6 Å². The van der Waals surface area contributed by atoms with Gasteiger partial charge in [0.15, 0.2) is 5.13 Å². The summed E-state index contributed by atoms with van der Waals surface area (Å²) in [6.07, 6.45) is 2.15. The Kier molecular flexibility index (Phi) is 2.90. The number of halogens is 1. The van der Waals surface area contributed by atoms with Crippen LogP contribution in [0.1, 0.15) is 11.1 Å². The van der Waals surface area contributed by atoms with Crippen molar-refractivity contribution in [3.05, 3.63) is 58.6 Å². The molecule has 1 N–H and O–H groups in total. The molecule has 0 aliphatic heterocycles. The summed E-state index contributed by atoms with van der Waals surface area (Å²) in [6, 6.07) is 14.9. The van der Waals surface area contributed by atoms with Crippen LogP contribution in [-0.4, -0.2) is 11.0 Å². The maximum atomic E-state index is 6.02. The second-order valence-corrected chi connectivity index (χ2v) is 6.62. The van der Waals surface area contributed by atoms with Crippen molar-refractivity contribution in [3.8, 4) is 0 Å². The molecule has 0 saturated carbocycles. The van der Waals surface area contributed by atoms with Gasteiger partial charge in [-0.05, 0) is 42.2 Å². The molecule has 2 nitrogen and oxygen atoms in total. The molecule has 1 aliphatic carbocycles. The molecule has 1 heterocycles. The van der Waals surface area contributed by atoms with E-state index in [-0.39, 0.29) is 0 Å². The molecule has 1 aliphatic rings. The minimum Gasteiger partial charge on any atom is -0.358 e. The summed E-state index contributed by atoms with van der Waals surface area (Å²) in [5.41, 5.74) is 3.92. The molecule has 1 aromatic heterocycles. The lowest BCUT2D eigenvalue weighted by Crippen LogP contribution is -2.19. The third-order valence-corrected chi connectivity index (χ3v) is 4.91. The predicted octanol–water partition coefficient (Wildman–Crippen LogP) is 4.53. The van der Waals surface area contributed by atoms with E-state index in [0.29, 0.717) is 6.04 Å². The Morgan fingerprint density at radius 1 is 1.10 bits per heavy atom. The number of nitrogens with zero attached hydrogens (tertiary/aromatic N) is 1. The van der Waals surface area contributed by atoms with Crippen molar-refractivity contribution in [2.24, 2.45) is 0 Å². The predicted molar refractivity (Wildman–Crippen MR) is 85.9 cm³/mol. The Bertz CT molecular complexity index is 756. The van der Waals surface area contributed by atoms with Crippen LogP contribution >= 0.6 is 22.9 Å². The SMILES string of the molecule is Clc1ccc2nc(NC3Cc4ccccc4C3)sc2c1. The summed E-state index contributed by atoms with van der Waals surface area (Å²) in [6.45, 7) is 0. The van der Waals surface area contributed by atoms with Crippen LogP contribution in [0.15, 0.2) is 42.5 Å². The minimum atomic E-state index is 0.448. The molecule has 0 spiro atoms. The number of fused-ring (bicyclic) bond motifs is 2. The van der Waals surface area contributed by atoms with Crippen molar-refractivity contribution < 1.29 is 0 Å². The van der Waals surface area contributed by atoms with Gasteiger partial charge in [0, 0.05) is 11.1 Å². The number of benzene rings is 2. The van der Waals surface area contributed by atoms with Gasteiger partial charge in [0.05, 0.1) is 10.2 Å². The van der Waals surface area contributed by atoms with Crippen LogP contribution in [0.4, 0.5) is 5.13 Å². The van der Waals surface area contributed by atoms with Gasteiger partial charge in [0.1, 0.15) is 0 Å². The molecule has 0 bridgehead atoms. The van der Waals surface area contributed by atoms with Crippen LogP contribution in [0.25, 0.3) is 10.2 Å². The van der Waals surface area contributed by atoms with Crippen LogP contribution in [0.3, 0.4) is 0 Å². The molecule has 20 heavy (non-hydrogen) atoms. The Hall–Kier alpha value is -1.58. The van der Waals surface area contributed by atoms with Crippen molar-refractivity contribution in [1.82, 2.24) is 4.98 Å². The molecular formula is C16H13ClN2S. The number of hydrogen-bond donors (Lipinski definition) is 1.